The number of hydrogen-bond donors (Lipinski definition) is 1. The molecule has 0 spiro atoms. The highest BCUT2D eigenvalue weighted by Gasteiger charge is 2.27. The number of carbonyl (C=O) groups excluding carboxylic acids is 1. The zero-order chi connectivity index (χ0) is 19.2. The molecule has 0 radical (unpaired) electrons. The first-order valence-corrected chi connectivity index (χ1v) is 9.43. The second-order valence-corrected chi connectivity index (χ2v) is 7.06. The molecule has 1 amide bonds. The fraction of sp³-hybridized carbons (Fsp3) is 0.409. The monoisotopic (exact) mass is 369 g/mol. The van der Waals surface area contributed by atoms with E-state index in [0.29, 0.717) is 24.4 Å². The molecule has 27 heavy (non-hydrogen) atoms. The van der Waals surface area contributed by atoms with Gasteiger partial charge < -0.3 is 19.5 Å². The Kier molecular flexibility index (Phi) is 6.35. The Balaban J connectivity index is 1.73. The third-order valence-corrected chi connectivity index (χ3v) is 4.76. The molecule has 0 aromatic heterocycles. The zero-order valence-electron chi connectivity index (χ0n) is 15.9. The molecular weight excluding hydrogens is 342 g/mol. The minimum absolute atomic E-state index is 0.0333. The number of amides is 1. The van der Waals surface area contributed by atoms with Gasteiger partial charge in [-0.05, 0) is 50.5 Å². The third-order valence-electron chi connectivity index (χ3n) is 4.76. The van der Waals surface area contributed by atoms with Gasteiger partial charge in [0.2, 0.25) is 0 Å². The number of nitrogens with zero attached hydrogens (tertiary/aromatic N) is 1. The van der Waals surface area contributed by atoms with Crippen LogP contribution >= 0.6 is 0 Å². The first kappa shape index (κ1) is 19.2. The van der Waals surface area contributed by atoms with Crippen LogP contribution in [0.3, 0.4) is 0 Å². The molecule has 0 saturated carbocycles. The van der Waals surface area contributed by atoms with Crippen molar-refractivity contribution < 1.29 is 19.4 Å². The molecule has 0 aliphatic carbocycles. The van der Waals surface area contributed by atoms with E-state index < -0.39 is 6.10 Å². The van der Waals surface area contributed by atoms with Crippen LogP contribution in [0.1, 0.15) is 30.9 Å². The Morgan fingerprint density at radius 2 is 2.11 bits per heavy atom. The molecule has 5 nitrogen and oxygen atoms in total. The van der Waals surface area contributed by atoms with Crippen molar-refractivity contribution in [2.24, 2.45) is 0 Å². The molecule has 2 aromatic carbocycles. The number of para-hydroxylation sites is 1. The van der Waals surface area contributed by atoms with E-state index in [4.69, 9.17) is 9.47 Å². The zero-order valence-corrected chi connectivity index (χ0v) is 15.9. The fourth-order valence-electron chi connectivity index (χ4n) is 3.32. The van der Waals surface area contributed by atoms with E-state index >= 15 is 0 Å². The van der Waals surface area contributed by atoms with Crippen LogP contribution < -0.4 is 4.74 Å². The van der Waals surface area contributed by atoms with Gasteiger partial charge in [-0.25, -0.2) is 0 Å². The highest BCUT2D eigenvalue weighted by Crippen LogP contribution is 2.22. The summed E-state index contributed by atoms with van der Waals surface area (Å²) >= 11 is 0. The van der Waals surface area contributed by atoms with E-state index in [1.807, 2.05) is 43.3 Å². The fourth-order valence-corrected chi connectivity index (χ4v) is 3.32. The van der Waals surface area contributed by atoms with Crippen molar-refractivity contribution in [1.29, 1.82) is 0 Å². The Labute approximate surface area is 160 Å². The van der Waals surface area contributed by atoms with Crippen LogP contribution in [0.5, 0.6) is 11.5 Å². The number of benzene rings is 2. The van der Waals surface area contributed by atoms with Gasteiger partial charge >= 0.3 is 0 Å². The molecule has 144 valence electrons. The summed E-state index contributed by atoms with van der Waals surface area (Å²) in [7, 11) is 0. The van der Waals surface area contributed by atoms with Crippen LogP contribution in [-0.4, -0.2) is 41.3 Å². The third kappa shape index (κ3) is 5.23. The Hall–Kier alpha value is -2.53. The van der Waals surface area contributed by atoms with Gasteiger partial charge in [-0.15, -0.1) is 0 Å². The predicted molar refractivity (Wildman–Crippen MR) is 104 cm³/mol. The molecule has 2 aromatic rings. The second-order valence-electron chi connectivity index (χ2n) is 7.06. The molecule has 0 bridgehead atoms. The van der Waals surface area contributed by atoms with E-state index in [1.54, 1.807) is 24.0 Å². The predicted octanol–water partition coefficient (Wildman–Crippen LogP) is 3.68. The number of rotatable bonds is 7. The summed E-state index contributed by atoms with van der Waals surface area (Å²) in [5, 5.41) is 10.1. The normalized spacial score (nSPS) is 17.5. The van der Waals surface area contributed by atoms with E-state index in [0.717, 1.165) is 25.0 Å². The molecule has 1 saturated heterocycles. The number of carbonyl (C=O) groups is 1. The SMILES string of the molecule is Cc1cccc(OC(C)C(=O)N(Cc2ccccc2O)CC2CCCO2)c1. The van der Waals surface area contributed by atoms with Crippen molar-refractivity contribution in [3.05, 3.63) is 59.7 Å². The van der Waals surface area contributed by atoms with Gasteiger partial charge in [0.1, 0.15) is 11.5 Å². The standard InChI is InChI=1S/C22H27NO4/c1-16-7-5-9-19(13-16)27-17(2)22(25)23(15-20-10-6-12-26-20)14-18-8-3-4-11-21(18)24/h3-5,7-9,11,13,17,20,24H,6,10,12,14-15H2,1-2H3. The summed E-state index contributed by atoms with van der Waals surface area (Å²) in [5.74, 6) is 0.751. The minimum atomic E-state index is -0.626. The van der Waals surface area contributed by atoms with Gasteiger partial charge in [0.05, 0.1) is 6.10 Å². The molecule has 1 heterocycles. The minimum Gasteiger partial charge on any atom is -0.508 e. The molecule has 1 aliphatic heterocycles. The van der Waals surface area contributed by atoms with Crippen molar-refractivity contribution >= 4 is 5.91 Å². The van der Waals surface area contributed by atoms with Gasteiger partial charge in [-0.3, -0.25) is 4.79 Å². The quantitative estimate of drug-likeness (QED) is 0.809. The number of phenols is 1. The highest BCUT2D eigenvalue weighted by atomic mass is 16.5. The average Bonchev–Trinajstić information content (AvgIpc) is 3.15. The van der Waals surface area contributed by atoms with E-state index in [1.165, 1.54) is 0 Å². The summed E-state index contributed by atoms with van der Waals surface area (Å²) in [6, 6.07) is 14.8. The van der Waals surface area contributed by atoms with Gasteiger partial charge in [0, 0.05) is 25.3 Å². The molecule has 1 aliphatic rings. The number of ether oxygens (including phenoxy) is 2. The lowest BCUT2D eigenvalue weighted by molar-refractivity contribution is -0.140. The summed E-state index contributed by atoms with van der Waals surface area (Å²) in [6.07, 6.45) is 1.36. The molecular formula is C22H27NO4. The molecule has 2 unspecified atom stereocenters. The van der Waals surface area contributed by atoms with Crippen LogP contribution in [0.15, 0.2) is 48.5 Å². The van der Waals surface area contributed by atoms with Gasteiger partial charge in [-0.1, -0.05) is 30.3 Å². The average molecular weight is 369 g/mol. The van der Waals surface area contributed by atoms with E-state index in [9.17, 15) is 9.90 Å². The molecule has 1 fully saturated rings. The van der Waals surface area contributed by atoms with Crippen molar-refractivity contribution in [2.75, 3.05) is 13.2 Å². The summed E-state index contributed by atoms with van der Waals surface area (Å²) in [5.41, 5.74) is 1.80. The number of hydrogen-bond acceptors (Lipinski definition) is 4. The van der Waals surface area contributed by atoms with Gasteiger partial charge in [0.15, 0.2) is 6.10 Å². The van der Waals surface area contributed by atoms with Crippen LogP contribution in [0.4, 0.5) is 0 Å². The van der Waals surface area contributed by atoms with Crippen molar-refractivity contribution in [2.45, 2.75) is 45.4 Å². The Morgan fingerprint density at radius 1 is 1.30 bits per heavy atom. The second kappa shape index (κ2) is 8.91. The first-order valence-electron chi connectivity index (χ1n) is 9.43. The topological polar surface area (TPSA) is 59.0 Å². The summed E-state index contributed by atoms with van der Waals surface area (Å²) in [4.78, 5) is 14.8. The summed E-state index contributed by atoms with van der Waals surface area (Å²) in [6.45, 7) is 5.31. The van der Waals surface area contributed by atoms with Crippen molar-refractivity contribution in [3.8, 4) is 11.5 Å². The number of aromatic hydroxyl groups is 1. The molecule has 3 rings (SSSR count). The van der Waals surface area contributed by atoms with Crippen LogP contribution in [0, 0.1) is 6.92 Å². The smallest absolute Gasteiger partial charge is 0.263 e. The van der Waals surface area contributed by atoms with E-state index in [-0.39, 0.29) is 17.8 Å². The number of phenolic OH excluding ortho intramolecular Hbond substituents is 1. The van der Waals surface area contributed by atoms with E-state index in [2.05, 4.69) is 0 Å². The van der Waals surface area contributed by atoms with Crippen molar-refractivity contribution in [1.82, 2.24) is 4.90 Å². The highest BCUT2D eigenvalue weighted by molar-refractivity contribution is 5.81. The van der Waals surface area contributed by atoms with Crippen molar-refractivity contribution in [3.63, 3.8) is 0 Å². The maximum Gasteiger partial charge on any atom is 0.263 e. The maximum atomic E-state index is 13.1. The largest absolute Gasteiger partial charge is 0.508 e. The van der Waals surface area contributed by atoms with Crippen LogP contribution in [0.2, 0.25) is 0 Å². The summed E-state index contributed by atoms with van der Waals surface area (Å²) < 4.78 is 11.6. The Morgan fingerprint density at radius 3 is 2.81 bits per heavy atom. The Bertz CT molecular complexity index is 770. The lowest BCUT2D eigenvalue weighted by atomic mass is 10.1. The van der Waals surface area contributed by atoms with Crippen LogP contribution in [-0.2, 0) is 16.1 Å². The molecule has 1 N–H and O–H groups in total. The lowest BCUT2D eigenvalue weighted by Crippen LogP contribution is -2.43. The molecule has 5 heteroatoms. The van der Waals surface area contributed by atoms with Gasteiger partial charge in [0.25, 0.3) is 5.91 Å². The first-order chi connectivity index (χ1) is 13.0. The lowest BCUT2D eigenvalue weighted by Gasteiger charge is -2.28. The maximum absolute atomic E-state index is 13.1. The molecule has 2 atom stereocenters. The van der Waals surface area contributed by atoms with Gasteiger partial charge in [-0.2, -0.15) is 0 Å². The van der Waals surface area contributed by atoms with Crippen LogP contribution in [0.25, 0.3) is 0 Å². The number of aryl methyl sites for hydroxylation is 1.